The minimum atomic E-state index is 0. The molecule has 0 aliphatic carbocycles. The van der Waals surface area contributed by atoms with Crippen molar-refractivity contribution < 1.29 is 4.52 Å². The van der Waals surface area contributed by atoms with Crippen LogP contribution in [-0.2, 0) is 6.54 Å². The zero-order valence-corrected chi connectivity index (χ0v) is 12.3. The van der Waals surface area contributed by atoms with Crippen molar-refractivity contribution in [2.24, 2.45) is 11.7 Å². The van der Waals surface area contributed by atoms with E-state index in [-0.39, 0.29) is 12.4 Å². The van der Waals surface area contributed by atoms with Gasteiger partial charge in [-0.3, -0.25) is 4.90 Å². The van der Waals surface area contributed by atoms with Gasteiger partial charge in [0.05, 0.1) is 5.69 Å². The predicted molar refractivity (Wildman–Crippen MR) is 74.9 cm³/mol. The largest absolute Gasteiger partial charge is 0.361 e. The van der Waals surface area contributed by atoms with Gasteiger partial charge in [0.25, 0.3) is 0 Å². The van der Waals surface area contributed by atoms with Gasteiger partial charge >= 0.3 is 0 Å². The molecule has 1 aliphatic rings. The number of hydrogen-bond donors (Lipinski definition) is 1. The van der Waals surface area contributed by atoms with Crippen molar-refractivity contribution in [3.8, 4) is 0 Å². The molecule has 1 aromatic heterocycles. The first-order valence-corrected chi connectivity index (χ1v) is 6.47. The van der Waals surface area contributed by atoms with Gasteiger partial charge in [0.15, 0.2) is 0 Å². The van der Waals surface area contributed by atoms with E-state index < -0.39 is 0 Å². The number of aryl methyl sites for hydroxylation is 2. The number of rotatable bonds is 3. The number of nitrogens with zero attached hydrogens (tertiary/aromatic N) is 2. The van der Waals surface area contributed by atoms with Crippen molar-refractivity contribution in [1.82, 2.24) is 10.1 Å². The zero-order valence-electron chi connectivity index (χ0n) is 11.5. The lowest BCUT2D eigenvalue weighted by Crippen LogP contribution is -2.42. The maximum atomic E-state index is 6.01. The third-order valence-corrected chi connectivity index (χ3v) is 3.85. The van der Waals surface area contributed by atoms with Gasteiger partial charge in [-0.05, 0) is 46.1 Å². The van der Waals surface area contributed by atoms with Crippen LogP contribution in [0.4, 0.5) is 0 Å². The van der Waals surface area contributed by atoms with E-state index in [9.17, 15) is 0 Å². The van der Waals surface area contributed by atoms with E-state index in [1.54, 1.807) is 0 Å². The number of aromatic nitrogens is 1. The standard InChI is InChI=1S/C13H23N3O.ClH/c1-9(14)12-5-4-6-16(7-12)8-13-10(2)15-17-11(13)3;/h9,12H,4-8,14H2,1-3H3;1H. The van der Waals surface area contributed by atoms with Gasteiger partial charge in [-0.1, -0.05) is 5.16 Å². The minimum Gasteiger partial charge on any atom is -0.361 e. The number of nitrogens with two attached hydrogens (primary N) is 1. The summed E-state index contributed by atoms with van der Waals surface area (Å²) < 4.78 is 5.21. The quantitative estimate of drug-likeness (QED) is 0.918. The molecular weight excluding hydrogens is 250 g/mol. The molecule has 0 bridgehead atoms. The van der Waals surface area contributed by atoms with Crippen molar-refractivity contribution in [2.45, 2.75) is 46.2 Å². The highest BCUT2D eigenvalue weighted by molar-refractivity contribution is 5.85. The summed E-state index contributed by atoms with van der Waals surface area (Å²) in [5, 5.41) is 4.01. The molecule has 5 heteroatoms. The molecule has 4 nitrogen and oxygen atoms in total. The molecule has 2 heterocycles. The van der Waals surface area contributed by atoms with E-state index >= 15 is 0 Å². The molecular formula is C13H24ClN3O. The Morgan fingerprint density at radius 3 is 2.78 bits per heavy atom. The lowest BCUT2D eigenvalue weighted by atomic mass is 9.92. The number of hydrogen-bond acceptors (Lipinski definition) is 4. The molecule has 0 aromatic carbocycles. The van der Waals surface area contributed by atoms with Crippen molar-refractivity contribution in [1.29, 1.82) is 0 Å². The molecule has 104 valence electrons. The first-order valence-electron chi connectivity index (χ1n) is 6.47. The Bertz CT molecular complexity index is 359. The first-order chi connectivity index (χ1) is 8.08. The zero-order chi connectivity index (χ0) is 12.4. The van der Waals surface area contributed by atoms with Crippen LogP contribution in [0.2, 0.25) is 0 Å². The molecule has 1 fully saturated rings. The third-order valence-electron chi connectivity index (χ3n) is 3.85. The summed E-state index contributed by atoms with van der Waals surface area (Å²) >= 11 is 0. The topological polar surface area (TPSA) is 55.3 Å². The van der Waals surface area contributed by atoms with E-state index in [0.29, 0.717) is 12.0 Å². The van der Waals surface area contributed by atoms with Crippen LogP contribution >= 0.6 is 12.4 Å². The van der Waals surface area contributed by atoms with Crippen molar-refractivity contribution in [2.75, 3.05) is 13.1 Å². The van der Waals surface area contributed by atoms with Gasteiger partial charge in [-0.15, -0.1) is 12.4 Å². The summed E-state index contributed by atoms with van der Waals surface area (Å²) in [5.74, 6) is 1.58. The van der Waals surface area contributed by atoms with Crippen molar-refractivity contribution >= 4 is 12.4 Å². The fraction of sp³-hybridized carbons (Fsp3) is 0.769. The van der Waals surface area contributed by atoms with Crippen LogP contribution in [0.15, 0.2) is 4.52 Å². The molecule has 0 saturated carbocycles. The Morgan fingerprint density at radius 1 is 1.50 bits per heavy atom. The normalized spacial score (nSPS) is 22.6. The molecule has 2 rings (SSSR count). The molecule has 1 aliphatic heterocycles. The highest BCUT2D eigenvalue weighted by Gasteiger charge is 2.24. The summed E-state index contributed by atoms with van der Waals surface area (Å²) in [6.07, 6.45) is 2.51. The van der Waals surface area contributed by atoms with Crippen LogP contribution in [0.3, 0.4) is 0 Å². The average molecular weight is 274 g/mol. The molecule has 2 unspecified atom stereocenters. The Kier molecular flexibility index (Phi) is 5.63. The lowest BCUT2D eigenvalue weighted by Gasteiger charge is -2.34. The maximum absolute atomic E-state index is 6.01. The number of halogens is 1. The number of likely N-dealkylation sites (tertiary alicyclic amines) is 1. The van der Waals surface area contributed by atoms with Gasteiger partial charge in [0.2, 0.25) is 0 Å². The summed E-state index contributed by atoms with van der Waals surface area (Å²) in [4.78, 5) is 2.48. The van der Waals surface area contributed by atoms with Gasteiger partial charge in [-0.2, -0.15) is 0 Å². The highest BCUT2D eigenvalue weighted by atomic mass is 35.5. The molecule has 2 atom stereocenters. The third kappa shape index (κ3) is 3.46. The van der Waals surface area contributed by atoms with Crippen molar-refractivity contribution in [3.63, 3.8) is 0 Å². The fourth-order valence-electron chi connectivity index (χ4n) is 2.62. The fourth-order valence-corrected chi connectivity index (χ4v) is 2.62. The Balaban J connectivity index is 0.00000162. The average Bonchev–Trinajstić information content (AvgIpc) is 2.61. The summed E-state index contributed by atoms with van der Waals surface area (Å²) in [7, 11) is 0. The Morgan fingerprint density at radius 2 is 2.22 bits per heavy atom. The summed E-state index contributed by atoms with van der Waals surface area (Å²) in [6, 6.07) is 0.294. The Labute approximate surface area is 115 Å². The van der Waals surface area contributed by atoms with Crippen molar-refractivity contribution in [3.05, 3.63) is 17.0 Å². The van der Waals surface area contributed by atoms with E-state index in [1.165, 1.54) is 18.4 Å². The Hall–Kier alpha value is -0.580. The van der Waals surface area contributed by atoms with Crippen LogP contribution in [0.5, 0.6) is 0 Å². The van der Waals surface area contributed by atoms with Gasteiger partial charge < -0.3 is 10.3 Å². The first kappa shape index (κ1) is 15.5. The predicted octanol–water partition coefficient (Wildman–Crippen LogP) is 2.27. The maximum Gasteiger partial charge on any atom is 0.138 e. The number of piperidine rings is 1. The second-order valence-corrected chi connectivity index (χ2v) is 5.30. The smallest absolute Gasteiger partial charge is 0.138 e. The van der Waals surface area contributed by atoms with Crippen LogP contribution in [0.1, 0.15) is 36.8 Å². The highest BCUT2D eigenvalue weighted by Crippen LogP contribution is 2.22. The second kappa shape index (κ2) is 6.55. The van der Waals surface area contributed by atoms with Crippen LogP contribution in [-0.4, -0.2) is 29.2 Å². The van der Waals surface area contributed by atoms with E-state index in [0.717, 1.165) is 31.1 Å². The molecule has 1 aromatic rings. The van der Waals surface area contributed by atoms with E-state index in [2.05, 4.69) is 17.0 Å². The van der Waals surface area contributed by atoms with Crippen LogP contribution in [0, 0.1) is 19.8 Å². The SMILES string of the molecule is Cc1noc(C)c1CN1CCCC(C(C)N)C1.Cl. The van der Waals surface area contributed by atoms with Gasteiger partial charge in [-0.25, -0.2) is 0 Å². The van der Waals surface area contributed by atoms with Crippen LogP contribution in [0.25, 0.3) is 0 Å². The monoisotopic (exact) mass is 273 g/mol. The molecule has 1 saturated heterocycles. The minimum absolute atomic E-state index is 0. The van der Waals surface area contributed by atoms with Crippen LogP contribution < -0.4 is 5.73 Å². The molecule has 0 spiro atoms. The molecule has 2 N–H and O–H groups in total. The second-order valence-electron chi connectivity index (χ2n) is 5.30. The van der Waals surface area contributed by atoms with E-state index in [1.807, 2.05) is 13.8 Å². The molecule has 0 amide bonds. The van der Waals surface area contributed by atoms with E-state index in [4.69, 9.17) is 10.3 Å². The lowest BCUT2D eigenvalue weighted by molar-refractivity contribution is 0.153. The summed E-state index contributed by atoms with van der Waals surface area (Å²) in [6.45, 7) is 9.32. The molecule has 0 radical (unpaired) electrons. The molecule has 18 heavy (non-hydrogen) atoms. The summed E-state index contributed by atoms with van der Waals surface area (Å²) in [5.41, 5.74) is 8.27. The van der Waals surface area contributed by atoms with Gasteiger partial charge in [0.1, 0.15) is 5.76 Å². The van der Waals surface area contributed by atoms with Gasteiger partial charge in [0, 0.05) is 24.7 Å².